The van der Waals surface area contributed by atoms with Crippen LogP contribution in [0.5, 0.6) is 11.5 Å². The van der Waals surface area contributed by atoms with Gasteiger partial charge in [0.1, 0.15) is 60.8 Å². The average molecular weight is 577 g/mol. The second kappa shape index (κ2) is 11.4. The van der Waals surface area contributed by atoms with Crippen molar-refractivity contribution >= 4 is 17.7 Å². The average Bonchev–Trinajstić information content (AvgIpc) is 2.91. The zero-order valence-corrected chi connectivity index (χ0v) is 22.4. The van der Waals surface area contributed by atoms with E-state index in [9.17, 15) is 50.1 Å². The Bertz CT molecular complexity index is 1350. The van der Waals surface area contributed by atoms with E-state index in [0.29, 0.717) is 0 Å². The van der Waals surface area contributed by atoms with Crippen LogP contribution >= 0.6 is 0 Å². The van der Waals surface area contributed by atoms with Crippen LogP contribution < -0.4 is 0 Å². The van der Waals surface area contributed by atoms with E-state index in [-0.39, 0.29) is 16.7 Å². The molecule has 1 saturated heterocycles. The third-order valence-corrected chi connectivity index (χ3v) is 7.55. The fraction of sp³-hybridized carbons (Fsp3) is 0.464. The Hall–Kier alpha value is -3.59. The summed E-state index contributed by atoms with van der Waals surface area (Å²) in [6.07, 6.45) is -9.94. The number of phenolic OH excluding ortho intramolecular Hbond substituents is 2. The fourth-order valence-corrected chi connectivity index (χ4v) is 5.10. The van der Waals surface area contributed by atoms with E-state index < -0.39 is 102 Å². The number of aromatic hydroxyl groups is 2. The molecule has 7 N–H and O–H groups in total. The van der Waals surface area contributed by atoms with E-state index in [1.807, 2.05) is 0 Å². The number of carbonyl (C=O) groups is 3. The van der Waals surface area contributed by atoms with Gasteiger partial charge in [0.15, 0.2) is 0 Å². The van der Waals surface area contributed by atoms with Gasteiger partial charge >= 0.3 is 11.9 Å². The molecule has 13 nitrogen and oxygen atoms in total. The van der Waals surface area contributed by atoms with Crippen molar-refractivity contribution in [3.8, 4) is 11.5 Å². The SMILES string of the molecule is CC(=O)OC[C@H]1O[C@@H]([C@]2(O)c3cccc(O)c3C(=O)c3c(O)cc(COC(=O)[C@H](C)[C@H](C)O)cc32)[C@H](O)[C@@H](O)[C@@H]1O. The Kier molecular flexibility index (Phi) is 8.41. The molecular weight excluding hydrogens is 544 g/mol. The summed E-state index contributed by atoms with van der Waals surface area (Å²) in [5, 5.41) is 75.8. The van der Waals surface area contributed by atoms with Gasteiger partial charge in [0.2, 0.25) is 5.78 Å². The van der Waals surface area contributed by atoms with Gasteiger partial charge in [-0.2, -0.15) is 0 Å². The normalized spacial score (nSPS) is 28.7. The van der Waals surface area contributed by atoms with Crippen LogP contribution in [0.25, 0.3) is 0 Å². The van der Waals surface area contributed by atoms with Gasteiger partial charge in [0.05, 0.1) is 23.1 Å². The monoisotopic (exact) mass is 576 g/mol. The molecule has 1 fully saturated rings. The standard InChI is InChI=1S/C28H32O13/c1-11(12(2)29)27(37)40-9-14-7-16-21(18(32)8-14)23(34)20-15(5-4-6-17(20)31)28(16,38)26-25(36)24(35)22(33)19(41-26)10-39-13(3)30/h4-8,11-12,19,22,24-26,29,31-33,35-36,38H,9-10H2,1-3H3/t11-,12+,19-,22-,24+,25-,26-,28+/m1/s1. The molecule has 0 saturated carbocycles. The molecule has 2 aromatic carbocycles. The van der Waals surface area contributed by atoms with Crippen LogP contribution in [-0.2, 0) is 36.0 Å². The molecule has 0 amide bonds. The van der Waals surface area contributed by atoms with Crippen molar-refractivity contribution in [1.29, 1.82) is 0 Å². The molecule has 41 heavy (non-hydrogen) atoms. The highest BCUT2D eigenvalue weighted by Gasteiger charge is 2.58. The van der Waals surface area contributed by atoms with E-state index in [2.05, 4.69) is 0 Å². The Morgan fingerprint density at radius 3 is 2.27 bits per heavy atom. The first kappa shape index (κ1) is 30.4. The van der Waals surface area contributed by atoms with Crippen LogP contribution in [-0.4, -0.2) is 96.7 Å². The molecule has 8 atom stereocenters. The second-order valence-corrected chi connectivity index (χ2v) is 10.3. The molecule has 0 unspecified atom stereocenters. The first-order valence-corrected chi connectivity index (χ1v) is 12.8. The van der Waals surface area contributed by atoms with Gasteiger partial charge in [0, 0.05) is 18.1 Å². The topological polar surface area (TPSA) is 221 Å². The number of ketones is 1. The highest BCUT2D eigenvalue weighted by atomic mass is 16.6. The summed E-state index contributed by atoms with van der Waals surface area (Å²) in [4.78, 5) is 37.2. The lowest BCUT2D eigenvalue weighted by atomic mass is 9.68. The molecule has 0 aromatic heterocycles. The van der Waals surface area contributed by atoms with E-state index in [1.54, 1.807) is 0 Å². The summed E-state index contributed by atoms with van der Waals surface area (Å²) >= 11 is 0. The molecule has 4 rings (SSSR count). The van der Waals surface area contributed by atoms with Crippen molar-refractivity contribution in [3.63, 3.8) is 0 Å². The molecule has 13 heteroatoms. The van der Waals surface area contributed by atoms with Gasteiger partial charge in [-0.3, -0.25) is 14.4 Å². The quantitative estimate of drug-likeness (QED) is 0.204. The van der Waals surface area contributed by atoms with Crippen LogP contribution in [0.4, 0.5) is 0 Å². The third kappa shape index (κ3) is 5.27. The highest BCUT2D eigenvalue weighted by Crippen LogP contribution is 2.50. The van der Waals surface area contributed by atoms with Crippen LogP contribution in [0.1, 0.15) is 53.4 Å². The van der Waals surface area contributed by atoms with Crippen molar-refractivity contribution in [3.05, 3.63) is 58.1 Å². The number of phenols is 2. The number of carbonyl (C=O) groups excluding carboxylic acids is 3. The Labute approximate surface area is 234 Å². The Morgan fingerprint density at radius 2 is 1.63 bits per heavy atom. The summed E-state index contributed by atoms with van der Waals surface area (Å²) in [7, 11) is 0. The van der Waals surface area contributed by atoms with Crippen molar-refractivity contribution < 1.29 is 64.3 Å². The molecule has 222 valence electrons. The van der Waals surface area contributed by atoms with Gasteiger partial charge in [0.25, 0.3) is 0 Å². The molecule has 2 aromatic rings. The van der Waals surface area contributed by atoms with Gasteiger partial charge in [-0.15, -0.1) is 0 Å². The van der Waals surface area contributed by atoms with E-state index in [4.69, 9.17) is 14.2 Å². The van der Waals surface area contributed by atoms with Crippen molar-refractivity contribution in [2.24, 2.45) is 5.92 Å². The van der Waals surface area contributed by atoms with Crippen LogP contribution in [0.2, 0.25) is 0 Å². The Morgan fingerprint density at radius 1 is 0.976 bits per heavy atom. The van der Waals surface area contributed by atoms with Gasteiger partial charge in [-0.05, 0) is 37.6 Å². The van der Waals surface area contributed by atoms with Crippen molar-refractivity contribution in [2.45, 2.75) is 69.6 Å². The first-order chi connectivity index (χ1) is 19.2. The number of esters is 2. The van der Waals surface area contributed by atoms with Crippen molar-refractivity contribution in [2.75, 3.05) is 6.61 Å². The molecule has 0 radical (unpaired) electrons. The van der Waals surface area contributed by atoms with Gasteiger partial charge < -0.3 is 50.0 Å². The number of hydrogen-bond acceptors (Lipinski definition) is 13. The first-order valence-electron chi connectivity index (χ1n) is 12.8. The molecule has 1 aliphatic heterocycles. The van der Waals surface area contributed by atoms with Crippen LogP contribution in [0.15, 0.2) is 30.3 Å². The minimum Gasteiger partial charge on any atom is -0.507 e. The number of ether oxygens (including phenoxy) is 3. The van der Waals surface area contributed by atoms with Gasteiger partial charge in [-0.1, -0.05) is 12.1 Å². The van der Waals surface area contributed by atoms with Crippen LogP contribution in [0.3, 0.4) is 0 Å². The lowest BCUT2D eigenvalue weighted by Gasteiger charge is -2.49. The molecule has 0 bridgehead atoms. The number of hydrogen-bond donors (Lipinski definition) is 7. The lowest BCUT2D eigenvalue weighted by molar-refractivity contribution is -0.266. The van der Waals surface area contributed by atoms with E-state index in [1.165, 1.54) is 38.1 Å². The largest absolute Gasteiger partial charge is 0.507 e. The zero-order chi connectivity index (χ0) is 30.4. The van der Waals surface area contributed by atoms with E-state index in [0.717, 1.165) is 13.0 Å². The molecule has 1 aliphatic carbocycles. The number of aliphatic hydroxyl groups is 5. The number of aliphatic hydroxyl groups excluding tert-OH is 4. The van der Waals surface area contributed by atoms with Crippen molar-refractivity contribution in [1.82, 2.24) is 0 Å². The second-order valence-electron chi connectivity index (χ2n) is 10.3. The predicted molar refractivity (Wildman–Crippen MR) is 137 cm³/mol. The minimum absolute atomic E-state index is 0.101. The predicted octanol–water partition coefficient (Wildman–Crippen LogP) is -0.649. The highest BCUT2D eigenvalue weighted by molar-refractivity contribution is 6.16. The summed E-state index contributed by atoms with van der Waals surface area (Å²) < 4.78 is 16.0. The summed E-state index contributed by atoms with van der Waals surface area (Å²) in [5.41, 5.74) is -3.88. The molecule has 2 aliphatic rings. The van der Waals surface area contributed by atoms with Gasteiger partial charge in [-0.25, -0.2) is 0 Å². The molecular formula is C28H32O13. The zero-order valence-electron chi connectivity index (χ0n) is 22.4. The summed E-state index contributed by atoms with van der Waals surface area (Å²) in [5.74, 6) is -4.43. The molecule has 0 spiro atoms. The maximum absolute atomic E-state index is 13.5. The maximum Gasteiger partial charge on any atom is 0.311 e. The Balaban J connectivity index is 1.86. The number of fused-ring (bicyclic) bond motifs is 2. The van der Waals surface area contributed by atoms with Crippen LogP contribution in [0, 0.1) is 5.92 Å². The summed E-state index contributed by atoms with van der Waals surface area (Å²) in [6, 6.07) is 6.11. The lowest BCUT2D eigenvalue weighted by Crippen LogP contribution is -2.65. The smallest absolute Gasteiger partial charge is 0.311 e. The molecule has 1 heterocycles. The fourth-order valence-electron chi connectivity index (χ4n) is 5.10. The van der Waals surface area contributed by atoms with E-state index >= 15 is 0 Å². The number of rotatable bonds is 7. The maximum atomic E-state index is 13.5. The summed E-state index contributed by atoms with van der Waals surface area (Å²) in [6.45, 7) is 2.95. The minimum atomic E-state index is -2.56. The number of benzene rings is 2. The third-order valence-electron chi connectivity index (χ3n) is 7.55.